The van der Waals surface area contributed by atoms with Crippen LogP contribution in [-0.2, 0) is 13.1 Å². The van der Waals surface area contributed by atoms with E-state index in [-0.39, 0.29) is 24.0 Å². The second kappa shape index (κ2) is 8.88. The SMILES string of the molecule is CN=C(NCc1csc(N(C)C)n1)NCc1ccco1.I. The van der Waals surface area contributed by atoms with Gasteiger partial charge in [-0.25, -0.2) is 4.98 Å². The summed E-state index contributed by atoms with van der Waals surface area (Å²) in [6, 6.07) is 3.79. The van der Waals surface area contributed by atoms with E-state index >= 15 is 0 Å². The number of guanidine groups is 1. The van der Waals surface area contributed by atoms with E-state index in [1.807, 2.05) is 36.5 Å². The fraction of sp³-hybridized carbons (Fsp3) is 0.385. The van der Waals surface area contributed by atoms with Crippen LogP contribution >= 0.6 is 35.3 Å². The number of anilines is 1. The number of rotatable bonds is 5. The molecular formula is C13H20IN5OS. The molecule has 8 heteroatoms. The van der Waals surface area contributed by atoms with Gasteiger partial charge in [0, 0.05) is 26.5 Å². The maximum atomic E-state index is 5.26. The van der Waals surface area contributed by atoms with Gasteiger partial charge in [0.25, 0.3) is 0 Å². The molecule has 0 aromatic carbocycles. The third kappa shape index (κ3) is 5.54. The van der Waals surface area contributed by atoms with Crippen LogP contribution in [0.3, 0.4) is 0 Å². The minimum atomic E-state index is 0. The average molecular weight is 421 g/mol. The van der Waals surface area contributed by atoms with E-state index in [4.69, 9.17) is 4.42 Å². The summed E-state index contributed by atoms with van der Waals surface area (Å²) in [6.07, 6.45) is 1.66. The smallest absolute Gasteiger partial charge is 0.191 e. The van der Waals surface area contributed by atoms with Crippen molar-refractivity contribution in [3.8, 4) is 0 Å². The van der Waals surface area contributed by atoms with Gasteiger partial charge in [0.15, 0.2) is 11.1 Å². The topological polar surface area (TPSA) is 65.7 Å². The minimum Gasteiger partial charge on any atom is -0.467 e. The Hall–Kier alpha value is -1.29. The summed E-state index contributed by atoms with van der Waals surface area (Å²) >= 11 is 1.63. The summed E-state index contributed by atoms with van der Waals surface area (Å²) in [5.74, 6) is 1.59. The molecular weight excluding hydrogens is 401 g/mol. The lowest BCUT2D eigenvalue weighted by Crippen LogP contribution is -2.36. The van der Waals surface area contributed by atoms with Crippen LogP contribution in [0.1, 0.15) is 11.5 Å². The van der Waals surface area contributed by atoms with Crippen LogP contribution in [0.25, 0.3) is 0 Å². The zero-order valence-corrected chi connectivity index (χ0v) is 15.4. The Balaban J connectivity index is 0.00000220. The summed E-state index contributed by atoms with van der Waals surface area (Å²) in [5.41, 5.74) is 1.000. The average Bonchev–Trinajstić information content (AvgIpc) is 3.10. The molecule has 2 aromatic heterocycles. The van der Waals surface area contributed by atoms with Crippen molar-refractivity contribution in [3.63, 3.8) is 0 Å². The van der Waals surface area contributed by atoms with Gasteiger partial charge in [-0.3, -0.25) is 4.99 Å². The lowest BCUT2D eigenvalue weighted by atomic mass is 10.4. The number of halogens is 1. The Morgan fingerprint density at radius 3 is 2.71 bits per heavy atom. The molecule has 0 unspecified atom stereocenters. The molecule has 2 rings (SSSR count). The van der Waals surface area contributed by atoms with E-state index in [2.05, 4.69) is 20.6 Å². The second-order valence-electron chi connectivity index (χ2n) is 4.37. The third-order valence-electron chi connectivity index (χ3n) is 2.59. The maximum absolute atomic E-state index is 5.26. The van der Waals surface area contributed by atoms with Crippen molar-refractivity contribution < 1.29 is 4.42 Å². The van der Waals surface area contributed by atoms with Crippen molar-refractivity contribution in [1.82, 2.24) is 15.6 Å². The first kappa shape index (κ1) is 17.8. The number of hydrogen-bond donors (Lipinski definition) is 2. The molecule has 0 aliphatic heterocycles. The fourth-order valence-corrected chi connectivity index (χ4v) is 2.32. The van der Waals surface area contributed by atoms with E-state index in [0.717, 1.165) is 22.5 Å². The molecule has 2 aromatic rings. The van der Waals surface area contributed by atoms with Gasteiger partial charge in [0.2, 0.25) is 0 Å². The van der Waals surface area contributed by atoms with E-state index in [0.29, 0.717) is 13.1 Å². The zero-order chi connectivity index (χ0) is 14.4. The summed E-state index contributed by atoms with van der Waals surface area (Å²) in [6.45, 7) is 1.24. The highest BCUT2D eigenvalue weighted by Crippen LogP contribution is 2.17. The normalized spacial score (nSPS) is 10.9. The van der Waals surface area contributed by atoms with Crippen molar-refractivity contribution in [2.24, 2.45) is 4.99 Å². The lowest BCUT2D eigenvalue weighted by Gasteiger charge is -2.10. The standard InChI is InChI=1S/C13H19N5OS.HI/c1-14-12(16-8-11-5-4-6-19-11)15-7-10-9-20-13(17-10)18(2)3;/h4-6,9H,7-8H2,1-3H3,(H2,14,15,16);1H. The molecule has 0 fully saturated rings. The van der Waals surface area contributed by atoms with Crippen molar-refractivity contribution >= 4 is 46.4 Å². The van der Waals surface area contributed by atoms with Gasteiger partial charge in [-0.1, -0.05) is 0 Å². The van der Waals surface area contributed by atoms with Gasteiger partial charge in [0.05, 0.1) is 25.0 Å². The van der Waals surface area contributed by atoms with Crippen LogP contribution in [0.5, 0.6) is 0 Å². The number of aromatic nitrogens is 1. The van der Waals surface area contributed by atoms with Gasteiger partial charge in [-0.15, -0.1) is 35.3 Å². The highest BCUT2D eigenvalue weighted by molar-refractivity contribution is 14.0. The Kier molecular flexibility index (Phi) is 7.51. The zero-order valence-electron chi connectivity index (χ0n) is 12.3. The minimum absolute atomic E-state index is 0. The lowest BCUT2D eigenvalue weighted by molar-refractivity contribution is 0.501. The predicted molar refractivity (Wildman–Crippen MR) is 97.6 cm³/mol. The van der Waals surface area contributed by atoms with Crippen LogP contribution in [-0.4, -0.2) is 32.1 Å². The number of hydrogen-bond acceptors (Lipinski definition) is 5. The van der Waals surface area contributed by atoms with Crippen molar-refractivity contribution in [2.75, 3.05) is 26.0 Å². The Bertz CT molecular complexity index is 553. The molecule has 0 aliphatic carbocycles. The van der Waals surface area contributed by atoms with Crippen LogP contribution < -0.4 is 15.5 Å². The van der Waals surface area contributed by atoms with Crippen LogP contribution in [0, 0.1) is 0 Å². The van der Waals surface area contributed by atoms with Gasteiger partial charge < -0.3 is 20.0 Å². The molecule has 0 saturated carbocycles. The first-order valence-corrected chi connectivity index (χ1v) is 7.15. The maximum Gasteiger partial charge on any atom is 0.191 e. The Labute approximate surface area is 145 Å². The summed E-state index contributed by atoms with van der Waals surface area (Å²) < 4.78 is 5.26. The van der Waals surface area contributed by atoms with E-state index in [1.54, 1.807) is 24.6 Å². The summed E-state index contributed by atoms with van der Waals surface area (Å²) in [5, 5.41) is 9.45. The largest absolute Gasteiger partial charge is 0.467 e. The quantitative estimate of drug-likeness (QED) is 0.441. The molecule has 6 nitrogen and oxygen atoms in total. The number of furan rings is 1. The number of aliphatic imine (C=N–C) groups is 1. The van der Waals surface area contributed by atoms with E-state index < -0.39 is 0 Å². The molecule has 0 radical (unpaired) electrons. The molecule has 0 bridgehead atoms. The Morgan fingerprint density at radius 2 is 2.14 bits per heavy atom. The molecule has 116 valence electrons. The monoisotopic (exact) mass is 421 g/mol. The van der Waals surface area contributed by atoms with Gasteiger partial charge >= 0.3 is 0 Å². The van der Waals surface area contributed by atoms with E-state index in [9.17, 15) is 0 Å². The summed E-state index contributed by atoms with van der Waals surface area (Å²) in [7, 11) is 5.71. The molecule has 0 aliphatic rings. The molecule has 2 heterocycles. The van der Waals surface area contributed by atoms with Crippen LogP contribution in [0.4, 0.5) is 5.13 Å². The molecule has 2 N–H and O–H groups in total. The fourth-order valence-electron chi connectivity index (χ4n) is 1.56. The molecule has 0 spiro atoms. The molecule has 0 atom stereocenters. The van der Waals surface area contributed by atoms with Gasteiger partial charge in [0.1, 0.15) is 5.76 Å². The predicted octanol–water partition coefficient (Wildman–Crippen LogP) is 2.29. The number of nitrogens with zero attached hydrogens (tertiary/aromatic N) is 3. The van der Waals surface area contributed by atoms with Crippen molar-refractivity contribution in [1.29, 1.82) is 0 Å². The van der Waals surface area contributed by atoms with Crippen molar-refractivity contribution in [2.45, 2.75) is 13.1 Å². The Morgan fingerprint density at radius 1 is 1.38 bits per heavy atom. The molecule has 0 amide bonds. The van der Waals surface area contributed by atoms with Gasteiger partial charge in [-0.2, -0.15) is 0 Å². The van der Waals surface area contributed by atoms with Crippen LogP contribution in [0.2, 0.25) is 0 Å². The third-order valence-corrected chi connectivity index (χ3v) is 3.65. The first-order chi connectivity index (χ1) is 9.69. The van der Waals surface area contributed by atoms with Gasteiger partial charge in [-0.05, 0) is 12.1 Å². The number of nitrogens with one attached hydrogen (secondary N) is 2. The second-order valence-corrected chi connectivity index (χ2v) is 5.21. The first-order valence-electron chi connectivity index (χ1n) is 6.27. The molecule has 0 saturated heterocycles. The van der Waals surface area contributed by atoms with E-state index in [1.165, 1.54) is 0 Å². The highest BCUT2D eigenvalue weighted by Gasteiger charge is 2.05. The summed E-state index contributed by atoms with van der Waals surface area (Å²) in [4.78, 5) is 10.7. The van der Waals surface area contributed by atoms with Crippen LogP contribution in [0.15, 0.2) is 33.2 Å². The molecule has 21 heavy (non-hydrogen) atoms. The highest BCUT2D eigenvalue weighted by atomic mass is 127. The van der Waals surface area contributed by atoms with Crippen molar-refractivity contribution in [3.05, 3.63) is 35.2 Å². The number of thiazole rings is 1.